The summed E-state index contributed by atoms with van der Waals surface area (Å²) in [7, 11) is -2.54. The van der Waals surface area contributed by atoms with Gasteiger partial charge in [0, 0.05) is 32.0 Å². The average molecular weight is 303 g/mol. The van der Waals surface area contributed by atoms with E-state index in [1.165, 1.54) is 13.2 Å². The number of methoxy groups -OCH3 is 1. The number of nitrogens with zero attached hydrogens (tertiary/aromatic N) is 2. The third kappa shape index (κ3) is 3.44. The molecule has 0 spiro atoms. The van der Waals surface area contributed by atoms with Crippen molar-refractivity contribution in [3.05, 3.63) is 28.3 Å². The molecule has 0 aromatic heterocycles. The van der Waals surface area contributed by atoms with Crippen LogP contribution < -0.4 is 5.73 Å². The van der Waals surface area contributed by atoms with Crippen LogP contribution in [-0.4, -0.2) is 44.5 Å². The number of nitrogens with two attached hydrogens (primary N) is 1. The second kappa shape index (κ2) is 6.64. The van der Waals surface area contributed by atoms with Crippen LogP contribution in [0.2, 0.25) is 0 Å². The highest BCUT2D eigenvalue weighted by atomic mass is 32.2. The number of nitro benzene ring substituents is 1. The Morgan fingerprint density at radius 1 is 1.45 bits per heavy atom. The summed E-state index contributed by atoms with van der Waals surface area (Å²) in [5.74, 6) is 0. The molecule has 20 heavy (non-hydrogen) atoms. The van der Waals surface area contributed by atoms with Crippen LogP contribution in [-0.2, 0) is 14.8 Å². The average Bonchev–Trinajstić information content (AvgIpc) is 2.38. The molecule has 0 aliphatic rings. The molecule has 0 unspecified atom stereocenters. The summed E-state index contributed by atoms with van der Waals surface area (Å²) in [6.07, 6.45) is 0. The van der Waals surface area contributed by atoms with Crippen LogP contribution >= 0.6 is 0 Å². The number of rotatable bonds is 7. The van der Waals surface area contributed by atoms with Crippen molar-refractivity contribution in [2.45, 2.75) is 11.8 Å². The molecule has 0 atom stereocenters. The van der Waals surface area contributed by atoms with Crippen molar-refractivity contribution in [3.8, 4) is 0 Å². The van der Waals surface area contributed by atoms with E-state index in [0.29, 0.717) is 0 Å². The maximum absolute atomic E-state index is 12.5. The number of benzene rings is 1. The van der Waals surface area contributed by atoms with Gasteiger partial charge in [-0.1, -0.05) is 6.92 Å². The molecule has 0 saturated heterocycles. The lowest BCUT2D eigenvalue weighted by Crippen LogP contribution is -2.34. The van der Waals surface area contributed by atoms with Crippen LogP contribution in [0.4, 0.5) is 11.4 Å². The third-order valence-electron chi connectivity index (χ3n) is 2.70. The van der Waals surface area contributed by atoms with Crippen molar-refractivity contribution in [2.75, 3.05) is 32.5 Å². The van der Waals surface area contributed by atoms with Crippen molar-refractivity contribution in [2.24, 2.45) is 0 Å². The van der Waals surface area contributed by atoms with Gasteiger partial charge in [0.1, 0.15) is 0 Å². The largest absolute Gasteiger partial charge is 0.399 e. The fourth-order valence-electron chi connectivity index (χ4n) is 1.67. The summed E-state index contributed by atoms with van der Waals surface area (Å²) < 4.78 is 30.9. The Hall–Kier alpha value is -1.71. The lowest BCUT2D eigenvalue weighted by Gasteiger charge is -2.20. The standard InChI is InChI=1S/C11H17N3O5S/c1-3-13(6-7-19-2)20(17,18)11-8-9(12)4-5-10(11)14(15)16/h4-5,8H,3,6-7,12H2,1-2H3. The molecule has 112 valence electrons. The predicted molar refractivity (Wildman–Crippen MR) is 73.8 cm³/mol. The minimum Gasteiger partial charge on any atom is -0.399 e. The van der Waals surface area contributed by atoms with Crippen molar-refractivity contribution in [1.82, 2.24) is 4.31 Å². The highest BCUT2D eigenvalue weighted by Crippen LogP contribution is 2.28. The number of anilines is 1. The number of hydrogen-bond donors (Lipinski definition) is 1. The van der Waals surface area contributed by atoms with Gasteiger partial charge in [-0.25, -0.2) is 8.42 Å². The summed E-state index contributed by atoms with van der Waals surface area (Å²) in [5, 5.41) is 11.0. The van der Waals surface area contributed by atoms with E-state index in [0.717, 1.165) is 16.4 Å². The van der Waals surface area contributed by atoms with Gasteiger partial charge in [0.05, 0.1) is 11.5 Å². The molecule has 2 N–H and O–H groups in total. The molecule has 0 fully saturated rings. The Labute approximate surface area is 117 Å². The first-order valence-corrected chi connectivity index (χ1v) is 7.31. The van der Waals surface area contributed by atoms with Gasteiger partial charge in [-0.3, -0.25) is 10.1 Å². The summed E-state index contributed by atoms with van der Waals surface area (Å²) in [5.41, 5.74) is 5.20. The van der Waals surface area contributed by atoms with E-state index in [1.807, 2.05) is 0 Å². The monoisotopic (exact) mass is 303 g/mol. The number of nitrogen functional groups attached to an aromatic ring is 1. The number of hydrogen-bond acceptors (Lipinski definition) is 6. The van der Waals surface area contributed by atoms with Crippen LogP contribution in [0.15, 0.2) is 23.1 Å². The van der Waals surface area contributed by atoms with Gasteiger partial charge in [-0.15, -0.1) is 0 Å². The molecular weight excluding hydrogens is 286 g/mol. The number of ether oxygens (including phenoxy) is 1. The highest BCUT2D eigenvalue weighted by molar-refractivity contribution is 7.89. The molecule has 1 rings (SSSR count). The maximum Gasteiger partial charge on any atom is 0.289 e. The zero-order chi connectivity index (χ0) is 15.3. The van der Waals surface area contributed by atoms with Crippen LogP contribution in [0.3, 0.4) is 0 Å². The van der Waals surface area contributed by atoms with Crippen molar-refractivity contribution in [1.29, 1.82) is 0 Å². The second-order valence-corrected chi connectivity index (χ2v) is 5.88. The van der Waals surface area contributed by atoms with Gasteiger partial charge in [0.2, 0.25) is 10.0 Å². The zero-order valence-corrected chi connectivity index (χ0v) is 12.1. The van der Waals surface area contributed by atoms with E-state index in [1.54, 1.807) is 6.92 Å². The minimum absolute atomic E-state index is 0.112. The molecule has 0 heterocycles. The smallest absolute Gasteiger partial charge is 0.289 e. The first-order chi connectivity index (χ1) is 9.34. The Morgan fingerprint density at radius 2 is 2.10 bits per heavy atom. The molecule has 1 aromatic rings. The van der Waals surface area contributed by atoms with Gasteiger partial charge in [-0.05, 0) is 12.1 Å². The quantitative estimate of drug-likeness (QED) is 0.453. The molecule has 0 saturated carbocycles. The van der Waals surface area contributed by atoms with E-state index >= 15 is 0 Å². The normalized spacial score (nSPS) is 11.8. The summed E-state index contributed by atoms with van der Waals surface area (Å²) in [6.45, 7) is 2.13. The second-order valence-electron chi connectivity index (χ2n) is 3.97. The van der Waals surface area contributed by atoms with Crippen molar-refractivity contribution in [3.63, 3.8) is 0 Å². The van der Waals surface area contributed by atoms with Crippen molar-refractivity contribution < 1.29 is 18.1 Å². The third-order valence-corrected chi connectivity index (χ3v) is 4.70. The molecule has 0 aliphatic heterocycles. The Morgan fingerprint density at radius 3 is 2.60 bits per heavy atom. The Bertz CT molecular complexity index is 588. The van der Waals surface area contributed by atoms with Gasteiger partial charge in [0.15, 0.2) is 4.90 Å². The van der Waals surface area contributed by atoms with Gasteiger partial charge in [-0.2, -0.15) is 4.31 Å². The minimum atomic E-state index is -3.99. The first-order valence-electron chi connectivity index (χ1n) is 5.87. The van der Waals surface area contributed by atoms with Crippen LogP contribution in [0.25, 0.3) is 0 Å². The summed E-state index contributed by atoms with van der Waals surface area (Å²) >= 11 is 0. The van der Waals surface area contributed by atoms with E-state index < -0.39 is 25.5 Å². The van der Waals surface area contributed by atoms with Crippen LogP contribution in [0.1, 0.15) is 6.92 Å². The topological polar surface area (TPSA) is 116 Å². The molecule has 0 amide bonds. The first kappa shape index (κ1) is 16.3. The van der Waals surface area contributed by atoms with Crippen LogP contribution in [0, 0.1) is 10.1 Å². The highest BCUT2D eigenvalue weighted by Gasteiger charge is 2.30. The fraction of sp³-hybridized carbons (Fsp3) is 0.455. The zero-order valence-electron chi connectivity index (χ0n) is 11.3. The summed E-state index contributed by atoms with van der Waals surface area (Å²) in [4.78, 5) is 9.82. The van der Waals surface area contributed by atoms with Crippen LogP contribution in [0.5, 0.6) is 0 Å². The van der Waals surface area contributed by atoms with E-state index in [4.69, 9.17) is 10.5 Å². The van der Waals surface area contributed by atoms with E-state index in [-0.39, 0.29) is 25.4 Å². The summed E-state index contributed by atoms with van der Waals surface area (Å²) in [6, 6.07) is 3.48. The van der Waals surface area contributed by atoms with Gasteiger partial charge in [0.25, 0.3) is 5.69 Å². The number of nitro groups is 1. The molecule has 0 radical (unpaired) electrons. The molecule has 1 aromatic carbocycles. The Balaban J connectivity index is 3.32. The maximum atomic E-state index is 12.5. The molecule has 8 nitrogen and oxygen atoms in total. The molecule has 9 heteroatoms. The number of likely N-dealkylation sites (N-methyl/N-ethyl adjacent to an activating group) is 1. The molecular formula is C11H17N3O5S. The molecule has 0 bridgehead atoms. The SMILES string of the molecule is CCN(CCOC)S(=O)(=O)c1cc(N)ccc1[N+](=O)[O-]. The van der Waals surface area contributed by atoms with E-state index in [9.17, 15) is 18.5 Å². The molecule has 0 aliphatic carbocycles. The number of sulfonamides is 1. The van der Waals surface area contributed by atoms with Gasteiger partial charge >= 0.3 is 0 Å². The fourth-order valence-corrected chi connectivity index (χ4v) is 3.29. The Kier molecular flexibility index (Phi) is 5.43. The van der Waals surface area contributed by atoms with E-state index in [2.05, 4.69) is 0 Å². The lowest BCUT2D eigenvalue weighted by atomic mass is 10.3. The van der Waals surface area contributed by atoms with Gasteiger partial charge < -0.3 is 10.5 Å². The lowest BCUT2D eigenvalue weighted by molar-refractivity contribution is -0.387. The van der Waals surface area contributed by atoms with Crippen molar-refractivity contribution >= 4 is 21.4 Å². The predicted octanol–water partition coefficient (Wildman–Crippen LogP) is 0.834.